The molecule has 0 heterocycles. The molecule has 0 aliphatic carbocycles. The molecule has 1 aromatic rings. The first-order valence-electron chi connectivity index (χ1n) is 5.87. The molecular weight excluding hydrogens is 357 g/mol. The van der Waals surface area contributed by atoms with Crippen molar-refractivity contribution in [1.82, 2.24) is 0 Å². The Hall–Kier alpha value is -1.28. The second-order valence-electron chi connectivity index (χ2n) is 4.03. The Morgan fingerprint density at radius 3 is 2.33 bits per heavy atom. The van der Waals surface area contributed by atoms with Crippen molar-refractivity contribution in [1.29, 1.82) is 0 Å². The van der Waals surface area contributed by atoms with Gasteiger partial charge in [-0.05, 0) is 28.1 Å². The third-order valence-electron chi connectivity index (χ3n) is 2.51. The molecular formula is C13H14BrF3O4. The molecule has 0 amide bonds. The van der Waals surface area contributed by atoms with Gasteiger partial charge in [0.05, 0.1) is 30.9 Å². The lowest BCUT2D eigenvalue weighted by molar-refractivity contribution is -0.173. The number of ketones is 1. The van der Waals surface area contributed by atoms with Crippen LogP contribution in [0.25, 0.3) is 0 Å². The van der Waals surface area contributed by atoms with Crippen molar-refractivity contribution >= 4 is 21.7 Å². The van der Waals surface area contributed by atoms with Crippen LogP contribution < -0.4 is 9.47 Å². The first-order chi connectivity index (χ1) is 9.78. The fraction of sp³-hybridized carbons (Fsp3) is 0.462. The lowest BCUT2D eigenvalue weighted by atomic mass is 10.1. The first-order valence-corrected chi connectivity index (χ1v) is 6.67. The summed E-state index contributed by atoms with van der Waals surface area (Å²) in [5.41, 5.74) is 0.230. The van der Waals surface area contributed by atoms with E-state index < -0.39 is 12.8 Å². The van der Waals surface area contributed by atoms with Gasteiger partial charge in [-0.15, -0.1) is 0 Å². The summed E-state index contributed by atoms with van der Waals surface area (Å²) < 4.78 is 50.9. The Labute approximate surface area is 128 Å². The number of hydrogen-bond donors (Lipinski definition) is 0. The van der Waals surface area contributed by atoms with Crippen molar-refractivity contribution in [3.8, 4) is 11.5 Å². The normalized spacial score (nSPS) is 11.3. The molecule has 0 aromatic heterocycles. The number of benzene rings is 1. The predicted octanol–water partition coefficient (Wildman–Crippen LogP) is 3.62. The largest absolute Gasteiger partial charge is 0.496 e. The highest BCUT2D eigenvalue weighted by atomic mass is 79.9. The van der Waals surface area contributed by atoms with E-state index in [0.29, 0.717) is 16.0 Å². The van der Waals surface area contributed by atoms with Gasteiger partial charge in [0.1, 0.15) is 18.1 Å². The number of alkyl halides is 3. The molecule has 0 aliphatic rings. The summed E-state index contributed by atoms with van der Waals surface area (Å²) in [5, 5.41) is 0. The third kappa shape index (κ3) is 5.55. The molecule has 0 aliphatic heterocycles. The van der Waals surface area contributed by atoms with Gasteiger partial charge < -0.3 is 14.2 Å². The summed E-state index contributed by atoms with van der Waals surface area (Å²) in [6.45, 7) is -1.69. The van der Waals surface area contributed by atoms with Crippen LogP contribution >= 0.6 is 15.9 Å². The van der Waals surface area contributed by atoms with Gasteiger partial charge in [0.2, 0.25) is 0 Å². The SMILES string of the molecule is COc1cc(C(=O)CCOCC(F)(F)F)c(OC)cc1Br. The first kappa shape index (κ1) is 17.8. The maximum atomic E-state index is 12.0. The minimum atomic E-state index is -4.40. The lowest BCUT2D eigenvalue weighted by Crippen LogP contribution is -2.18. The summed E-state index contributed by atoms with van der Waals surface area (Å²) in [6, 6.07) is 3.03. The van der Waals surface area contributed by atoms with Crippen molar-refractivity contribution in [2.45, 2.75) is 12.6 Å². The number of ether oxygens (including phenoxy) is 3. The van der Waals surface area contributed by atoms with Crippen molar-refractivity contribution in [3.05, 3.63) is 22.2 Å². The average molecular weight is 371 g/mol. The highest BCUT2D eigenvalue weighted by Crippen LogP contribution is 2.33. The van der Waals surface area contributed by atoms with Crippen LogP contribution in [0.4, 0.5) is 13.2 Å². The highest BCUT2D eigenvalue weighted by molar-refractivity contribution is 9.10. The van der Waals surface area contributed by atoms with Crippen LogP contribution in [0.15, 0.2) is 16.6 Å². The Balaban J connectivity index is 2.73. The smallest absolute Gasteiger partial charge is 0.411 e. The van der Waals surface area contributed by atoms with Crippen LogP contribution in [0, 0.1) is 0 Å². The molecule has 0 atom stereocenters. The summed E-state index contributed by atoms with van der Waals surface area (Å²) in [7, 11) is 2.83. The second kappa shape index (κ2) is 7.65. The van der Waals surface area contributed by atoms with Crippen LogP contribution in [0.3, 0.4) is 0 Å². The van der Waals surface area contributed by atoms with Crippen LogP contribution in [0.5, 0.6) is 11.5 Å². The molecule has 118 valence electrons. The van der Waals surface area contributed by atoms with E-state index in [1.165, 1.54) is 20.3 Å². The van der Waals surface area contributed by atoms with E-state index in [2.05, 4.69) is 20.7 Å². The Morgan fingerprint density at radius 1 is 1.19 bits per heavy atom. The van der Waals surface area contributed by atoms with E-state index in [0.717, 1.165) is 0 Å². The molecule has 4 nitrogen and oxygen atoms in total. The molecule has 1 aromatic carbocycles. The van der Waals surface area contributed by atoms with E-state index in [4.69, 9.17) is 9.47 Å². The van der Waals surface area contributed by atoms with Gasteiger partial charge in [-0.25, -0.2) is 0 Å². The molecule has 0 bridgehead atoms. The molecule has 21 heavy (non-hydrogen) atoms. The van der Waals surface area contributed by atoms with E-state index in [1.807, 2.05) is 0 Å². The quantitative estimate of drug-likeness (QED) is 0.543. The van der Waals surface area contributed by atoms with Crippen LogP contribution in [0.2, 0.25) is 0 Å². The zero-order valence-corrected chi connectivity index (χ0v) is 13.0. The second-order valence-corrected chi connectivity index (χ2v) is 4.88. The van der Waals surface area contributed by atoms with Gasteiger partial charge >= 0.3 is 6.18 Å². The monoisotopic (exact) mass is 370 g/mol. The summed E-state index contributed by atoms with van der Waals surface area (Å²) in [5.74, 6) is 0.346. The van der Waals surface area contributed by atoms with Crippen molar-refractivity contribution in [2.24, 2.45) is 0 Å². The van der Waals surface area contributed by atoms with Gasteiger partial charge in [0.25, 0.3) is 0 Å². The minimum Gasteiger partial charge on any atom is -0.496 e. The minimum absolute atomic E-state index is 0.183. The number of hydrogen-bond acceptors (Lipinski definition) is 4. The zero-order chi connectivity index (χ0) is 16.0. The summed E-state index contributed by atoms with van der Waals surface area (Å²) in [4.78, 5) is 12.0. The maximum absolute atomic E-state index is 12.0. The number of carbonyl (C=O) groups excluding carboxylic acids is 1. The van der Waals surface area contributed by atoms with Gasteiger partial charge in [-0.1, -0.05) is 0 Å². The maximum Gasteiger partial charge on any atom is 0.411 e. The van der Waals surface area contributed by atoms with Gasteiger partial charge in [-0.2, -0.15) is 13.2 Å². The number of methoxy groups -OCH3 is 2. The lowest BCUT2D eigenvalue weighted by Gasteiger charge is -2.12. The van der Waals surface area contributed by atoms with Crippen molar-refractivity contribution in [3.63, 3.8) is 0 Å². The molecule has 0 spiro atoms. The van der Waals surface area contributed by atoms with E-state index >= 15 is 0 Å². The summed E-state index contributed by atoms with van der Waals surface area (Å²) in [6.07, 6.45) is -4.58. The zero-order valence-electron chi connectivity index (χ0n) is 11.4. The predicted molar refractivity (Wildman–Crippen MR) is 73.1 cm³/mol. The fourth-order valence-corrected chi connectivity index (χ4v) is 2.05. The van der Waals surface area contributed by atoms with E-state index in [9.17, 15) is 18.0 Å². The van der Waals surface area contributed by atoms with Gasteiger partial charge in [0.15, 0.2) is 5.78 Å². The average Bonchev–Trinajstić information content (AvgIpc) is 2.41. The van der Waals surface area contributed by atoms with E-state index in [1.54, 1.807) is 6.07 Å². The Morgan fingerprint density at radius 2 is 1.81 bits per heavy atom. The van der Waals surface area contributed by atoms with Crippen LogP contribution in [0.1, 0.15) is 16.8 Å². The molecule has 0 saturated carbocycles. The number of rotatable bonds is 7. The molecule has 1 rings (SSSR count). The molecule has 0 N–H and O–H groups in total. The molecule has 0 radical (unpaired) electrons. The number of carbonyl (C=O) groups is 1. The number of halogens is 4. The topological polar surface area (TPSA) is 44.8 Å². The Bertz CT molecular complexity index is 503. The van der Waals surface area contributed by atoms with Crippen molar-refractivity contribution in [2.75, 3.05) is 27.4 Å². The van der Waals surface area contributed by atoms with Crippen molar-refractivity contribution < 1.29 is 32.2 Å². The standard InChI is InChI=1S/C13H14BrF3O4/c1-19-11-6-9(14)12(20-2)5-8(11)10(18)3-4-21-7-13(15,16)17/h5-6H,3-4,7H2,1-2H3. The molecule has 8 heteroatoms. The molecule has 0 saturated heterocycles. The van der Waals surface area contributed by atoms with E-state index in [-0.39, 0.29) is 24.4 Å². The third-order valence-corrected chi connectivity index (χ3v) is 3.13. The molecule has 0 unspecified atom stereocenters. The van der Waals surface area contributed by atoms with Gasteiger partial charge in [0, 0.05) is 6.42 Å². The Kier molecular flexibility index (Phi) is 6.47. The van der Waals surface area contributed by atoms with Crippen LogP contribution in [-0.4, -0.2) is 39.4 Å². The van der Waals surface area contributed by atoms with Gasteiger partial charge in [-0.3, -0.25) is 4.79 Å². The fourth-order valence-electron chi connectivity index (χ4n) is 1.57. The van der Waals surface area contributed by atoms with Crippen LogP contribution in [-0.2, 0) is 4.74 Å². The highest BCUT2D eigenvalue weighted by Gasteiger charge is 2.27. The number of Topliss-reactive ketones (excluding diaryl/α,β-unsaturated/α-hetero) is 1. The molecule has 0 fully saturated rings. The summed E-state index contributed by atoms with van der Waals surface area (Å²) >= 11 is 3.25.